The topological polar surface area (TPSA) is 82.6 Å². The van der Waals surface area contributed by atoms with Gasteiger partial charge in [-0.2, -0.15) is 15.3 Å². The first-order valence-electron chi connectivity index (χ1n) is 9.76. The third kappa shape index (κ3) is 3.89. The highest BCUT2D eigenvalue weighted by atomic mass is 16.2. The zero-order valence-corrected chi connectivity index (χ0v) is 17.8. The van der Waals surface area contributed by atoms with Crippen molar-refractivity contribution in [2.24, 2.45) is 14.1 Å². The Bertz CT molecular complexity index is 1210. The quantitative estimate of drug-likeness (QED) is 0.555. The van der Waals surface area contributed by atoms with Gasteiger partial charge >= 0.3 is 0 Å². The number of rotatable bonds is 5. The van der Waals surface area contributed by atoms with Crippen molar-refractivity contribution in [3.05, 3.63) is 59.7 Å². The number of amides is 1. The zero-order chi connectivity index (χ0) is 21.4. The van der Waals surface area contributed by atoms with Crippen molar-refractivity contribution in [2.75, 3.05) is 5.32 Å². The normalized spacial score (nSPS) is 11.1. The number of carbonyl (C=O) groups is 1. The minimum absolute atomic E-state index is 0.0941. The fourth-order valence-electron chi connectivity index (χ4n) is 3.56. The van der Waals surface area contributed by atoms with Crippen LogP contribution in [0.5, 0.6) is 0 Å². The van der Waals surface area contributed by atoms with Crippen molar-refractivity contribution >= 4 is 11.6 Å². The molecule has 0 saturated heterocycles. The van der Waals surface area contributed by atoms with Crippen molar-refractivity contribution in [3.63, 3.8) is 0 Å². The molecular formula is C22H25N7O. The number of hydrogen-bond donors (Lipinski definition) is 1. The standard InChI is InChI=1S/C22H25N7O/c1-14-6-8-17(9-7-14)23-22(30)13-29-21(19-12-28(5)25-16(19)3)10-20(26-29)18-11-27(4)24-15(18)2/h6-12H,13H2,1-5H3,(H,23,30). The van der Waals surface area contributed by atoms with Crippen LogP contribution in [-0.4, -0.2) is 35.2 Å². The van der Waals surface area contributed by atoms with Gasteiger partial charge in [-0.05, 0) is 39.0 Å². The van der Waals surface area contributed by atoms with Gasteiger partial charge in [0.15, 0.2) is 0 Å². The molecule has 0 unspecified atom stereocenters. The molecular weight excluding hydrogens is 378 g/mol. The van der Waals surface area contributed by atoms with Gasteiger partial charge in [-0.3, -0.25) is 18.8 Å². The number of nitrogens with zero attached hydrogens (tertiary/aromatic N) is 6. The van der Waals surface area contributed by atoms with Crippen LogP contribution in [0.25, 0.3) is 22.5 Å². The van der Waals surface area contributed by atoms with E-state index in [9.17, 15) is 4.79 Å². The molecule has 1 aromatic carbocycles. The summed E-state index contributed by atoms with van der Waals surface area (Å²) in [5, 5.41) is 16.5. The molecule has 4 aromatic rings. The molecule has 0 radical (unpaired) electrons. The smallest absolute Gasteiger partial charge is 0.246 e. The molecule has 4 rings (SSSR count). The van der Waals surface area contributed by atoms with Crippen LogP contribution < -0.4 is 5.32 Å². The molecule has 1 N–H and O–H groups in total. The van der Waals surface area contributed by atoms with E-state index in [1.54, 1.807) is 14.0 Å². The fraction of sp³-hybridized carbons (Fsp3) is 0.273. The second-order valence-corrected chi connectivity index (χ2v) is 7.59. The summed E-state index contributed by atoms with van der Waals surface area (Å²) in [7, 11) is 3.77. The molecule has 8 nitrogen and oxygen atoms in total. The largest absolute Gasteiger partial charge is 0.324 e. The molecule has 0 aliphatic carbocycles. The van der Waals surface area contributed by atoms with E-state index in [1.165, 1.54) is 0 Å². The van der Waals surface area contributed by atoms with Gasteiger partial charge in [-0.1, -0.05) is 17.7 Å². The molecule has 0 aliphatic rings. The van der Waals surface area contributed by atoms with Crippen LogP contribution in [0.1, 0.15) is 17.0 Å². The Kier molecular flexibility index (Phi) is 4.99. The van der Waals surface area contributed by atoms with Crippen LogP contribution >= 0.6 is 0 Å². The van der Waals surface area contributed by atoms with Crippen LogP contribution in [-0.2, 0) is 25.4 Å². The summed E-state index contributed by atoms with van der Waals surface area (Å²) in [6.45, 7) is 6.01. The fourth-order valence-corrected chi connectivity index (χ4v) is 3.56. The van der Waals surface area contributed by atoms with Gasteiger partial charge < -0.3 is 5.32 Å². The highest BCUT2D eigenvalue weighted by molar-refractivity contribution is 5.91. The van der Waals surface area contributed by atoms with Crippen molar-refractivity contribution < 1.29 is 4.79 Å². The van der Waals surface area contributed by atoms with E-state index in [1.807, 2.05) is 77.6 Å². The third-order valence-electron chi connectivity index (χ3n) is 4.99. The Morgan fingerprint density at radius 2 is 1.50 bits per heavy atom. The van der Waals surface area contributed by atoms with Crippen molar-refractivity contribution in [3.8, 4) is 22.5 Å². The molecule has 154 valence electrons. The van der Waals surface area contributed by atoms with Gasteiger partial charge in [0.05, 0.1) is 22.8 Å². The molecule has 0 atom stereocenters. The average Bonchev–Trinajstić information content (AvgIpc) is 3.33. The summed E-state index contributed by atoms with van der Waals surface area (Å²) in [5.74, 6) is -0.140. The molecule has 0 aliphatic heterocycles. The first-order chi connectivity index (χ1) is 14.3. The molecule has 30 heavy (non-hydrogen) atoms. The third-order valence-corrected chi connectivity index (χ3v) is 4.99. The molecule has 0 bridgehead atoms. The lowest BCUT2D eigenvalue weighted by Crippen LogP contribution is -2.20. The molecule has 0 fully saturated rings. The lowest BCUT2D eigenvalue weighted by molar-refractivity contribution is -0.116. The molecule has 0 spiro atoms. The summed E-state index contributed by atoms with van der Waals surface area (Å²) >= 11 is 0. The number of carbonyl (C=O) groups excluding carboxylic acids is 1. The molecule has 3 heterocycles. The minimum atomic E-state index is -0.140. The summed E-state index contributed by atoms with van der Waals surface area (Å²) < 4.78 is 5.27. The van der Waals surface area contributed by atoms with Crippen LogP contribution in [0.2, 0.25) is 0 Å². The number of hydrogen-bond acceptors (Lipinski definition) is 4. The van der Waals surface area contributed by atoms with E-state index >= 15 is 0 Å². The van der Waals surface area contributed by atoms with Crippen LogP contribution in [0.15, 0.2) is 42.7 Å². The Morgan fingerprint density at radius 1 is 0.900 bits per heavy atom. The van der Waals surface area contributed by atoms with Gasteiger partial charge in [0.2, 0.25) is 5.91 Å². The van der Waals surface area contributed by atoms with E-state index in [4.69, 9.17) is 5.10 Å². The second kappa shape index (κ2) is 7.62. The Morgan fingerprint density at radius 3 is 2.07 bits per heavy atom. The average molecular weight is 403 g/mol. The molecule has 8 heteroatoms. The molecule has 1 amide bonds. The number of aryl methyl sites for hydroxylation is 5. The van der Waals surface area contributed by atoms with E-state index in [2.05, 4.69) is 15.5 Å². The highest BCUT2D eigenvalue weighted by Gasteiger charge is 2.19. The van der Waals surface area contributed by atoms with Gasteiger partial charge in [0.1, 0.15) is 6.54 Å². The Balaban J connectivity index is 1.69. The van der Waals surface area contributed by atoms with Crippen LogP contribution in [0, 0.1) is 20.8 Å². The first-order valence-corrected chi connectivity index (χ1v) is 9.76. The minimum Gasteiger partial charge on any atom is -0.324 e. The van der Waals surface area contributed by atoms with E-state index in [0.717, 1.165) is 45.2 Å². The first kappa shape index (κ1) is 19.6. The number of nitrogens with one attached hydrogen (secondary N) is 1. The van der Waals surface area contributed by atoms with E-state index < -0.39 is 0 Å². The maximum atomic E-state index is 12.7. The number of anilines is 1. The Labute approximate surface area is 175 Å². The second-order valence-electron chi connectivity index (χ2n) is 7.59. The van der Waals surface area contributed by atoms with Crippen LogP contribution in [0.4, 0.5) is 5.69 Å². The molecule has 3 aromatic heterocycles. The SMILES string of the molecule is Cc1ccc(NC(=O)Cn2nc(-c3cn(C)nc3C)cc2-c2cn(C)nc2C)cc1. The summed E-state index contributed by atoms with van der Waals surface area (Å²) in [6.07, 6.45) is 3.88. The van der Waals surface area contributed by atoms with E-state index in [0.29, 0.717) is 0 Å². The monoisotopic (exact) mass is 403 g/mol. The molecule has 0 saturated carbocycles. The number of benzene rings is 1. The lowest BCUT2D eigenvalue weighted by atomic mass is 10.1. The summed E-state index contributed by atoms with van der Waals surface area (Å²) in [6, 6.07) is 9.72. The van der Waals surface area contributed by atoms with Crippen molar-refractivity contribution in [1.82, 2.24) is 29.3 Å². The van der Waals surface area contributed by atoms with E-state index in [-0.39, 0.29) is 12.5 Å². The van der Waals surface area contributed by atoms with Crippen molar-refractivity contribution in [1.29, 1.82) is 0 Å². The maximum Gasteiger partial charge on any atom is 0.246 e. The van der Waals surface area contributed by atoms with Gasteiger partial charge in [0, 0.05) is 43.3 Å². The predicted molar refractivity (Wildman–Crippen MR) is 116 cm³/mol. The van der Waals surface area contributed by atoms with Crippen LogP contribution in [0.3, 0.4) is 0 Å². The van der Waals surface area contributed by atoms with Gasteiger partial charge in [-0.25, -0.2) is 0 Å². The van der Waals surface area contributed by atoms with Crippen molar-refractivity contribution in [2.45, 2.75) is 27.3 Å². The zero-order valence-electron chi connectivity index (χ0n) is 17.8. The highest BCUT2D eigenvalue weighted by Crippen LogP contribution is 2.29. The lowest BCUT2D eigenvalue weighted by Gasteiger charge is -2.08. The predicted octanol–water partition coefficient (Wildman–Crippen LogP) is 3.25. The summed E-state index contributed by atoms with van der Waals surface area (Å²) in [4.78, 5) is 12.7. The number of aromatic nitrogens is 6. The maximum absolute atomic E-state index is 12.7. The van der Waals surface area contributed by atoms with Gasteiger partial charge in [0.25, 0.3) is 0 Å². The summed E-state index contributed by atoms with van der Waals surface area (Å²) in [5.41, 5.74) is 7.19. The Hall–Kier alpha value is -3.68. The van der Waals surface area contributed by atoms with Gasteiger partial charge in [-0.15, -0.1) is 0 Å².